The second kappa shape index (κ2) is 7.09. The lowest BCUT2D eigenvalue weighted by atomic mass is 9.68. The van der Waals surface area contributed by atoms with E-state index in [4.69, 9.17) is 0 Å². The highest BCUT2D eigenvalue weighted by Gasteiger charge is 2.45. The first-order valence-corrected chi connectivity index (χ1v) is 10.3. The molecule has 0 amide bonds. The smallest absolute Gasteiger partial charge is 0.226 e. The number of phenolic OH excluding ortho intramolecular Hbond substituents is 1. The molecular weight excluding hydrogens is 404 g/mol. The summed E-state index contributed by atoms with van der Waals surface area (Å²) in [7, 11) is -9.16. The van der Waals surface area contributed by atoms with Crippen molar-refractivity contribution in [3.05, 3.63) is 41.7 Å². The number of phenols is 1. The predicted octanol–water partition coefficient (Wildman–Crippen LogP) is -0.104. The zero-order valence-corrected chi connectivity index (χ0v) is 16.0. The summed E-state index contributed by atoms with van der Waals surface area (Å²) in [5, 5.41) is 19.3. The number of hydrogen-bond acceptors (Lipinski definition) is 8. The van der Waals surface area contributed by atoms with Crippen LogP contribution in [0.4, 0.5) is 0 Å². The van der Waals surface area contributed by atoms with Crippen molar-refractivity contribution in [1.29, 1.82) is 0 Å². The molecule has 8 nitrogen and oxygen atoms in total. The summed E-state index contributed by atoms with van der Waals surface area (Å²) in [6.45, 7) is 3.07. The predicted molar refractivity (Wildman–Crippen MR) is 97.1 cm³/mol. The van der Waals surface area contributed by atoms with E-state index in [1.165, 1.54) is 38.1 Å². The van der Waals surface area contributed by atoms with Crippen LogP contribution in [-0.2, 0) is 36.3 Å². The molecule has 0 saturated heterocycles. The Hall–Kier alpha value is -2.37. The normalized spacial score (nSPS) is 17.7. The lowest BCUT2D eigenvalue weighted by Gasteiger charge is -2.36. The van der Waals surface area contributed by atoms with Crippen molar-refractivity contribution in [3.63, 3.8) is 0 Å². The highest BCUT2D eigenvalue weighted by atomic mass is 32.2. The Morgan fingerprint density at radius 3 is 1.81 bits per heavy atom. The van der Waals surface area contributed by atoms with Crippen molar-refractivity contribution >= 4 is 45.5 Å². The fraction of sp³-hybridized carbons (Fsp3) is 0.267. The van der Waals surface area contributed by atoms with Gasteiger partial charge in [0.2, 0.25) is 30.9 Å². The second-order valence-corrected chi connectivity index (χ2v) is 8.76. The minimum absolute atomic E-state index is 0.0492. The van der Waals surface area contributed by atoms with Gasteiger partial charge in [0.15, 0.2) is 4.86 Å². The Kier molecular flexibility index (Phi) is 5.44. The van der Waals surface area contributed by atoms with E-state index in [1.54, 1.807) is 0 Å². The first kappa shape index (κ1) is 19.9. The number of aliphatic hydroxyl groups excluding tert-OH is 1. The lowest BCUT2D eigenvalue weighted by molar-refractivity contribution is 0.440. The van der Waals surface area contributed by atoms with Gasteiger partial charge in [-0.15, -0.1) is 0 Å². The van der Waals surface area contributed by atoms with Crippen molar-refractivity contribution in [2.45, 2.75) is 19.3 Å². The summed E-state index contributed by atoms with van der Waals surface area (Å²) in [5.74, 6) is -2.41. The van der Waals surface area contributed by atoms with Crippen LogP contribution in [-0.4, -0.2) is 50.1 Å². The third kappa shape index (κ3) is 3.45. The fourth-order valence-corrected chi connectivity index (χ4v) is 5.57. The standard InChI is InChI=1S/C15H14O8S3/c1-15(2,8-3-5-9(16)6-4-8)12-11(24(18)19)7-10(17)13(25(20)21)14(12)26(22)23/h3-7,12,16-17H,1-2H3. The highest BCUT2D eigenvalue weighted by molar-refractivity contribution is 7.83. The van der Waals surface area contributed by atoms with Crippen molar-refractivity contribution in [1.82, 2.24) is 0 Å². The summed E-state index contributed by atoms with van der Waals surface area (Å²) >= 11 is 0. The number of aromatic hydroxyl groups is 1. The van der Waals surface area contributed by atoms with Gasteiger partial charge in [0.05, 0.1) is 4.86 Å². The van der Waals surface area contributed by atoms with Crippen molar-refractivity contribution < 1.29 is 35.5 Å². The minimum Gasteiger partial charge on any atom is -0.508 e. The van der Waals surface area contributed by atoms with Crippen molar-refractivity contribution in [3.8, 4) is 5.75 Å². The average molecular weight is 418 g/mol. The first-order chi connectivity index (χ1) is 12.0. The van der Waals surface area contributed by atoms with E-state index in [1.807, 2.05) is 0 Å². The zero-order valence-electron chi connectivity index (χ0n) is 13.5. The van der Waals surface area contributed by atoms with Gasteiger partial charge in [0.1, 0.15) is 16.4 Å². The average Bonchev–Trinajstić information content (AvgIpc) is 2.53. The Morgan fingerprint density at radius 1 is 0.846 bits per heavy atom. The maximum Gasteiger partial charge on any atom is 0.226 e. The van der Waals surface area contributed by atoms with Crippen LogP contribution in [0.1, 0.15) is 19.4 Å². The summed E-state index contributed by atoms with van der Waals surface area (Å²) in [6.07, 6.45) is 0.734. The van der Waals surface area contributed by atoms with E-state index in [0.29, 0.717) is 5.56 Å². The SMILES string of the molecule is CC(C)(c1ccc(O)cc1)C1C(=S(=O)=O)C=C(O)C(=S(=O)=O)C1=S(=O)=O. The Labute approximate surface area is 153 Å². The molecule has 0 saturated carbocycles. The number of rotatable bonds is 2. The molecule has 0 aliphatic heterocycles. The van der Waals surface area contributed by atoms with Crippen molar-refractivity contribution in [2.75, 3.05) is 0 Å². The van der Waals surface area contributed by atoms with Crippen LogP contribution in [0.15, 0.2) is 36.1 Å². The van der Waals surface area contributed by atoms with Gasteiger partial charge in [-0.05, 0) is 17.7 Å². The van der Waals surface area contributed by atoms with E-state index in [-0.39, 0.29) is 5.75 Å². The van der Waals surface area contributed by atoms with Crippen LogP contribution in [0, 0.1) is 5.92 Å². The van der Waals surface area contributed by atoms with Gasteiger partial charge < -0.3 is 10.2 Å². The number of hydrogen-bond donors (Lipinski definition) is 2. The molecule has 0 fully saturated rings. The number of allylic oxidation sites excluding steroid dienone is 2. The molecule has 0 radical (unpaired) electrons. The van der Waals surface area contributed by atoms with Gasteiger partial charge in [0.25, 0.3) is 0 Å². The summed E-state index contributed by atoms with van der Waals surface area (Å²) in [6, 6.07) is 5.62. The first-order valence-electron chi connectivity index (χ1n) is 7.07. The summed E-state index contributed by atoms with van der Waals surface area (Å²) in [5.41, 5.74) is -0.752. The molecular formula is C15H14O8S3. The highest BCUT2D eigenvalue weighted by Crippen LogP contribution is 2.37. The minimum atomic E-state index is -3.12. The van der Waals surface area contributed by atoms with Gasteiger partial charge in [-0.25, -0.2) is 0 Å². The molecule has 0 aromatic heterocycles. The lowest BCUT2D eigenvalue weighted by Crippen LogP contribution is -2.47. The maximum atomic E-state index is 11.8. The molecule has 1 aromatic carbocycles. The molecule has 1 aromatic rings. The van der Waals surface area contributed by atoms with E-state index in [0.717, 1.165) is 6.08 Å². The van der Waals surface area contributed by atoms with E-state index >= 15 is 0 Å². The molecule has 26 heavy (non-hydrogen) atoms. The largest absolute Gasteiger partial charge is 0.508 e. The molecule has 2 N–H and O–H groups in total. The van der Waals surface area contributed by atoms with Crippen LogP contribution in [0.25, 0.3) is 0 Å². The van der Waals surface area contributed by atoms with Gasteiger partial charge in [0, 0.05) is 17.4 Å². The molecule has 1 unspecified atom stereocenters. The third-order valence-electron chi connectivity index (χ3n) is 4.15. The molecule has 1 atom stereocenters. The van der Waals surface area contributed by atoms with Gasteiger partial charge >= 0.3 is 0 Å². The second-order valence-electron chi connectivity index (χ2n) is 6.03. The number of benzene rings is 1. The monoisotopic (exact) mass is 418 g/mol. The topological polar surface area (TPSA) is 143 Å². The molecule has 1 aliphatic rings. The Balaban J connectivity index is 2.99. The fourth-order valence-electron chi connectivity index (χ4n) is 2.89. The maximum absolute atomic E-state index is 11.8. The molecule has 0 heterocycles. The summed E-state index contributed by atoms with van der Waals surface area (Å²) in [4.78, 5) is -2.08. The van der Waals surface area contributed by atoms with E-state index < -0.39 is 62.6 Å². The molecule has 11 heteroatoms. The molecule has 140 valence electrons. The molecule has 0 bridgehead atoms. The molecule has 1 aliphatic carbocycles. The van der Waals surface area contributed by atoms with Crippen molar-refractivity contribution in [2.24, 2.45) is 5.92 Å². The van der Waals surface area contributed by atoms with Gasteiger partial charge in [-0.2, -0.15) is 25.3 Å². The Bertz CT molecular complexity index is 1190. The van der Waals surface area contributed by atoms with Gasteiger partial charge in [-0.3, -0.25) is 0 Å². The summed E-state index contributed by atoms with van der Waals surface area (Å²) < 4.78 is 69.9. The molecule has 0 spiro atoms. The van der Waals surface area contributed by atoms with Crippen LogP contribution >= 0.6 is 0 Å². The van der Waals surface area contributed by atoms with Crippen LogP contribution in [0.3, 0.4) is 0 Å². The quantitative estimate of drug-likeness (QED) is 0.634. The number of aliphatic hydroxyl groups is 1. The zero-order chi connectivity index (χ0) is 19.8. The van der Waals surface area contributed by atoms with Crippen LogP contribution in [0.2, 0.25) is 0 Å². The van der Waals surface area contributed by atoms with E-state index in [2.05, 4.69) is 0 Å². The van der Waals surface area contributed by atoms with Gasteiger partial charge in [-0.1, -0.05) is 26.0 Å². The molecule has 2 rings (SSSR count). The third-order valence-corrected chi connectivity index (χ3v) is 6.58. The van der Waals surface area contributed by atoms with E-state index in [9.17, 15) is 35.5 Å². The van der Waals surface area contributed by atoms with Crippen LogP contribution < -0.4 is 0 Å². The van der Waals surface area contributed by atoms with Crippen LogP contribution in [0.5, 0.6) is 5.75 Å². The Morgan fingerprint density at radius 2 is 1.38 bits per heavy atom.